The fourth-order valence-electron chi connectivity index (χ4n) is 2.88. The van der Waals surface area contributed by atoms with E-state index in [2.05, 4.69) is 22.1 Å². The van der Waals surface area contributed by atoms with Crippen molar-refractivity contribution < 1.29 is 5.21 Å². The maximum atomic E-state index is 8.94. The second-order valence-corrected chi connectivity index (χ2v) is 5.57. The van der Waals surface area contributed by atoms with Crippen LogP contribution in [0.4, 0.5) is 5.82 Å². The molecule has 20 heavy (non-hydrogen) atoms. The Hall–Kier alpha value is -1.78. The maximum absolute atomic E-state index is 8.94. The normalized spacial score (nSPS) is 17.8. The molecule has 0 spiro atoms. The third-order valence-corrected chi connectivity index (χ3v) is 4.10. The largest absolute Gasteiger partial charge is 0.409 e. The van der Waals surface area contributed by atoms with Crippen molar-refractivity contribution in [3.05, 3.63) is 23.4 Å². The number of rotatable bonds is 3. The van der Waals surface area contributed by atoms with Gasteiger partial charge in [-0.05, 0) is 31.9 Å². The van der Waals surface area contributed by atoms with E-state index in [1.807, 2.05) is 19.1 Å². The summed E-state index contributed by atoms with van der Waals surface area (Å²) >= 11 is 0. The summed E-state index contributed by atoms with van der Waals surface area (Å²) in [4.78, 5) is 6.80. The number of hydrogen-bond donors (Lipinski definition) is 2. The van der Waals surface area contributed by atoms with Gasteiger partial charge in [0.25, 0.3) is 0 Å². The highest BCUT2D eigenvalue weighted by Crippen LogP contribution is 2.26. The smallest absolute Gasteiger partial charge is 0.173 e. The van der Waals surface area contributed by atoms with Crippen LogP contribution in [0.15, 0.2) is 17.3 Å². The molecule has 1 heterocycles. The average Bonchev–Trinajstić information content (AvgIpc) is 2.74. The molecule has 1 saturated carbocycles. The Balaban J connectivity index is 2.31. The average molecular weight is 276 g/mol. The van der Waals surface area contributed by atoms with Crippen molar-refractivity contribution in [2.75, 3.05) is 11.9 Å². The van der Waals surface area contributed by atoms with Gasteiger partial charge in [-0.25, -0.2) is 4.98 Å². The van der Waals surface area contributed by atoms with Crippen molar-refractivity contribution >= 4 is 11.7 Å². The number of hydrogen-bond acceptors (Lipinski definition) is 4. The molecule has 0 bridgehead atoms. The summed E-state index contributed by atoms with van der Waals surface area (Å²) in [7, 11) is 2.06. The Morgan fingerprint density at radius 2 is 1.95 bits per heavy atom. The van der Waals surface area contributed by atoms with Crippen LogP contribution in [-0.4, -0.2) is 29.1 Å². The molecule has 0 aliphatic heterocycles. The topological polar surface area (TPSA) is 74.7 Å². The minimum atomic E-state index is 0.118. The van der Waals surface area contributed by atoms with Crippen molar-refractivity contribution in [1.29, 1.82) is 0 Å². The molecule has 0 saturated heterocycles. The zero-order valence-corrected chi connectivity index (χ0v) is 12.3. The molecular formula is C15H24N4O. The standard InChI is InChI=1S/C15H24N4O/c1-11-9-10-13(14(16)18-20)15(17-11)19(2)12-7-5-3-4-6-8-12/h9-10,12,20H,3-8H2,1-2H3,(H2,16,18). The van der Waals surface area contributed by atoms with E-state index in [-0.39, 0.29) is 5.84 Å². The van der Waals surface area contributed by atoms with E-state index in [4.69, 9.17) is 10.9 Å². The first-order chi connectivity index (χ1) is 9.63. The molecule has 3 N–H and O–H groups in total. The van der Waals surface area contributed by atoms with Gasteiger partial charge in [0.15, 0.2) is 5.84 Å². The first-order valence-electron chi connectivity index (χ1n) is 7.32. The second kappa shape index (κ2) is 6.59. The molecule has 5 heteroatoms. The molecule has 1 aliphatic carbocycles. The molecule has 0 radical (unpaired) electrons. The van der Waals surface area contributed by atoms with Crippen LogP contribution >= 0.6 is 0 Å². The van der Waals surface area contributed by atoms with Gasteiger partial charge in [-0.15, -0.1) is 0 Å². The quantitative estimate of drug-likeness (QED) is 0.292. The van der Waals surface area contributed by atoms with Crippen LogP contribution < -0.4 is 10.6 Å². The lowest BCUT2D eigenvalue weighted by Gasteiger charge is -2.30. The van der Waals surface area contributed by atoms with Gasteiger partial charge in [0.1, 0.15) is 5.82 Å². The van der Waals surface area contributed by atoms with Crippen LogP contribution in [0.5, 0.6) is 0 Å². The fourth-order valence-corrected chi connectivity index (χ4v) is 2.88. The molecule has 5 nitrogen and oxygen atoms in total. The Labute approximate surface area is 120 Å². The van der Waals surface area contributed by atoms with Crippen LogP contribution in [0.1, 0.15) is 49.8 Å². The minimum absolute atomic E-state index is 0.118. The highest BCUT2D eigenvalue weighted by molar-refractivity contribution is 6.01. The zero-order chi connectivity index (χ0) is 14.5. The number of aryl methyl sites for hydroxylation is 1. The second-order valence-electron chi connectivity index (χ2n) is 5.57. The van der Waals surface area contributed by atoms with E-state index in [0.717, 1.165) is 11.5 Å². The lowest BCUT2D eigenvalue weighted by atomic mass is 10.1. The summed E-state index contributed by atoms with van der Waals surface area (Å²) in [5, 5.41) is 12.1. The van der Waals surface area contributed by atoms with Gasteiger partial charge in [0.2, 0.25) is 0 Å². The molecule has 2 rings (SSSR count). The monoisotopic (exact) mass is 276 g/mol. The van der Waals surface area contributed by atoms with Gasteiger partial charge in [0.05, 0.1) is 5.56 Å². The summed E-state index contributed by atoms with van der Waals surface area (Å²) in [6.07, 6.45) is 7.53. The van der Waals surface area contributed by atoms with Crippen molar-refractivity contribution in [2.24, 2.45) is 10.9 Å². The Kier molecular flexibility index (Phi) is 4.82. The van der Waals surface area contributed by atoms with Crippen molar-refractivity contribution in [1.82, 2.24) is 4.98 Å². The zero-order valence-electron chi connectivity index (χ0n) is 12.3. The number of pyridine rings is 1. The number of nitrogens with zero attached hydrogens (tertiary/aromatic N) is 3. The lowest BCUT2D eigenvalue weighted by molar-refractivity contribution is 0.318. The van der Waals surface area contributed by atoms with Crippen LogP contribution in [0, 0.1) is 6.92 Å². The number of nitrogens with two attached hydrogens (primary N) is 1. The summed E-state index contributed by atoms with van der Waals surface area (Å²) < 4.78 is 0. The predicted octanol–water partition coefficient (Wildman–Crippen LogP) is 2.64. The van der Waals surface area contributed by atoms with Gasteiger partial charge in [-0.3, -0.25) is 0 Å². The highest BCUT2D eigenvalue weighted by atomic mass is 16.4. The van der Waals surface area contributed by atoms with Gasteiger partial charge in [-0.2, -0.15) is 0 Å². The predicted molar refractivity (Wildman–Crippen MR) is 81.4 cm³/mol. The molecule has 1 aromatic heterocycles. The van der Waals surface area contributed by atoms with Crippen LogP contribution in [0.2, 0.25) is 0 Å². The number of aromatic nitrogens is 1. The van der Waals surface area contributed by atoms with Crippen molar-refractivity contribution in [3.63, 3.8) is 0 Å². The molecule has 0 unspecified atom stereocenters. The minimum Gasteiger partial charge on any atom is -0.409 e. The maximum Gasteiger partial charge on any atom is 0.173 e. The molecule has 110 valence electrons. The van der Waals surface area contributed by atoms with Crippen LogP contribution in [0.3, 0.4) is 0 Å². The van der Waals surface area contributed by atoms with Crippen molar-refractivity contribution in [2.45, 2.75) is 51.5 Å². The van der Waals surface area contributed by atoms with E-state index in [0.29, 0.717) is 11.6 Å². The Bertz CT molecular complexity index is 479. The number of oxime groups is 1. The van der Waals surface area contributed by atoms with Crippen LogP contribution in [0.25, 0.3) is 0 Å². The summed E-state index contributed by atoms with van der Waals surface area (Å²) in [5.41, 5.74) is 7.42. The van der Waals surface area contributed by atoms with E-state index in [1.165, 1.54) is 38.5 Å². The van der Waals surface area contributed by atoms with E-state index in [1.54, 1.807) is 0 Å². The third kappa shape index (κ3) is 3.21. The first-order valence-corrected chi connectivity index (χ1v) is 7.32. The summed E-state index contributed by atoms with van der Waals surface area (Å²) in [6.45, 7) is 1.96. The van der Waals surface area contributed by atoms with E-state index in [9.17, 15) is 0 Å². The van der Waals surface area contributed by atoms with Crippen LogP contribution in [-0.2, 0) is 0 Å². The molecule has 0 atom stereocenters. The van der Waals surface area contributed by atoms with Gasteiger partial charge in [0, 0.05) is 18.8 Å². The summed E-state index contributed by atoms with van der Waals surface area (Å²) in [5.74, 6) is 0.931. The van der Waals surface area contributed by atoms with Gasteiger partial charge < -0.3 is 15.8 Å². The first kappa shape index (κ1) is 14.6. The van der Waals surface area contributed by atoms with E-state index >= 15 is 0 Å². The molecular weight excluding hydrogens is 252 g/mol. The SMILES string of the molecule is Cc1ccc(C(N)=NO)c(N(C)C2CCCCCC2)n1. The van der Waals surface area contributed by atoms with Crippen molar-refractivity contribution in [3.8, 4) is 0 Å². The third-order valence-electron chi connectivity index (χ3n) is 4.10. The summed E-state index contributed by atoms with van der Waals surface area (Å²) in [6, 6.07) is 4.25. The highest BCUT2D eigenvalue weighted by Gasteiger charge is 2.21. The van der Waals surface area contributed by atoms with Gasteiger partial charge in [-0.1, -0.05) is 30.8 Å². The van der Waals surface area contributed by atoms with E-state index < -0.39 is 0 Å². The molecule has 0 aromatic carbocycles. The Morgan fingerprint density at radius 3 is 2.55 bits per heavy atom. The molecule has 1 aliphatic rings. The van der Waals surface area contributed by atoms with Gasteiger partial charge >= 0.3 is 0 Å². The number of anilines is 1. The molecule has 0 amide bonds. The lowest BCUT2D eigenvalue weighted by Crippen LogP contribution is -2.34. The fraction of sp³-hybridized carbons (Fsp3) is 0.600. The Morgan fingerprint density at radius 1 is 1.30 bits per heavy atom. The number of amidine groups is 1. The molecule has 1 aromatic rings. The molecule has 1 fully saturated rings.